The molecule has 1 aromatic rings. The van der Waals surface area contributed by atoms with E-state index in [4.69, 9.17) is 0 Å². The second kappa shape index (κ2) is 9.38. The van der Waals surface area contributed by atoms with Gasteiger partial charge in [0.05, 0.1) is 5.25 Å². The number of hydrogen-bond donors (Lipinski definition) is 2. The minimum Gasteiger partial charge on any atom is -0.377 e. The van der Waals surface area contributed by atoms with Crippen molar-refractivity contribution in [3.05, 3.63) is 52.6 Å². The van der Waals surface area contributed by atoms with E-state index >= 15 is 0 Å². The summed E-state index contributed by atoms with van der Waals surface area (Å²) < 4.78 is 28.6. The zero-order chi connectivity index (χ0) is 26.7. The van der Waals surface area contributed by atoms with Crippen molar-refractivity contribution in [2.45, 2.75) is 101 Å². The van der Waals surface area contributed by atoms with Crippen molar-refractivity contribution in [2.24, 2.45) is 17.3 Å². The van der Waals surface area contributed by atoms with Crippen molar-refractivity contribution in [3.8, 4) is 11.8 Å². The lowest BCUT2D eigenvalue weighted by Crippen LogP contribution is -2.51. The number of sulfonamides is 1. The van der Waals surface area contributed by atoms with E-state index in [9.17, 15) is 18.3 Å². The molecule has 1 unspecified atom stereocenters. The Morgan fingerprint density at radius 1 is 1.03 bits per heavy atom. The van der Waals surface area contributed by atoms with Crippen LogP contribution in [-0.2, 0) is 14.8 Å². The standard InChI is InChI=1S/C32H39NO4S/c1-3-17-32(35)18-16-29-27-14-10-22-19-24(34)13-15-26(22)30(27)28(20-31(29,32)2)21-8-11-23(12-9-21)33-38(36,37)25-6-4-5-7-25/h8-9,11-12,19,25,27-29,33,35H,4-7,10,13-16,18,20H2,1-2H3/t27-,28+,29?,31-,32-/m0/s1. The highest BCUT2D eigenvalue weighted by atomic mass is 32.2. The highest BCUT2D eigenvalue weighted by molar-refractivity contribution is 7.93. The second-order valence-electron chi connectivity index (χ2n) is 12.4. The fourth-order valence-corrected chi connectivity index (χ4v) is 10.2. The number of hydrogen-bond acceptors (Lipinski definition) is 4. The van der Waals surface area contributed by atoms with Crippen LogP contribution in [0.3, 0.4) is 0 Å². The summed E-state index contributed by atoms with van der Waals surface area (Å²) in [6, 6.07) is 7.92. The number of carbonyl (C=O) groups is 1. The van der Waals surface area contributed by atoms with Gasteiger partial charge in [0.1, 0.15) is 5.60 Å². The number of nitrogens with one attached hydrogen (secondary N) is 1. The molecule has 0 heterocycles. The summed E-state index contributed by atoms with van der Waals surface area (Å²) in [6.45, 7) is 4.05. The Morgan fingerprint density at radius 2 is 1.76 bits per heavy atom. The molecule has 5 nitrogen and oxygen atoms in total. The van der Waals surface area contributed by atoms with E-state index in [2.05, 4.69) is 35.6 Å². The van der Waals surface area contributed by atoms with E-state index in [1.807, 2.05) is 25.1 Å². The fraction of sp³-hybridized carbons (Fsp3) is 0.594. The zero-order valence-electron chi connectivity index (χ0n) is 22.6. The van der Waals surface area contributed by atoms with Crippen LogP contribution >= 0.6 is 0 Å². The first-order valence-electron chi connectivity index (χ1n) is 14.4. The zero-order valence-corrected chi connectivity index (χ0v) is 23.4. The normalized spacial score (nSPS) is 35.1. The van der Waals surface area contributed by atoms with Crippen LogP contribution < -0.4 is 4.72 Å². The van der Waals surface area contributed by atoms with E-state index in [1.165, 1.54) is 16.7 Å². The number of carbonyl (C=O) groups excluding carboxylic acids is 1. The third-order valence-electron chi connectivity index (χ3n) is 10.5. The molecule has 5 atom stereocenters. The Morgan fingerprint density at radius 3 is 2.47 bits per heavy atom. The van der Waals surface area contributed by atoms with Crippen LogP contribution in [0.4, 0.5) is 5.69 Å². The van der Waals surface area contributed by atoms with Gasteiger partial charge in [0.15, 0.2) is 5.78 Å². The van der Waals surface area contributed by atoms with E-state index in [-0.39, 0.29) is 22.4 Å². The van der Waals surface area contributed by atoms with E-state index in [0.29, 0.717) is 30.4 Å². The first-order chi connectivity index (χ1) is 18.1. The van der Waals surface area contributed by atoms with Crippen molar-refractivity contribution in [1.29, 1.82) is 0 Å². The summed E-state index contributed by atoms with van der Waals surface area (Å²) in [5, 5.41) is 11.5. The van der Waals surface area contributed by atoms with Gasteiger partial charge >= 0.3 is 0 Å². The van der Waals surface area contributed by atoms with E-state index in [1.54, 1.807) is 0 Å². The van der Waals surface area contributed by atoms with Gasteiger partial charge in [-0.1, -0.05) is 43.4 Å². The van der Waals surface area contributed by atoms with Crippen molar-refractivity contribution in [1.82, 2.24) is 0 Å². The third-order valence-corrected chi connectivity index (χ3v) is 12.4. The Balaban J connectivity index is 1.39. The Kier molecular flexibility index (Phi) is 6.39. The average Bonchev–Trinajstić information content (AvgIpc) is 3.52. The molecular weight excluding hydrogens is 494 g/mol. The molecule has 5 aliphatic carbocycles. The lowest BCUT2D eigenvalue weighted by atomic mass is 9.51. The summed E-state index contributed by atoms with van der Waals surface area (Å²) in [5.41, 5.74) is 4.47. The van der Waals surface area contributed by atoms with Crippen LogP contribution in [0.1, 0.15) is 96.0 Å². The number of rotatable bonds is 4. The first kappa shape index (κ1) is 25.9. The molecule has 0 aliphatic heterocycles. The highest BCUT2D eigenvalue weighted by Crippen LogP contribution is 2.66. The monoisotopic (exact) mass is 533 g/mol. The molecular formula is C32H39NO4S. The number of allylic oxidation sites excluding steroid dienone is 4. The van der Waals surface area contributed by atoms with Crippen molar-refractivity contribution >= 4 is 21.5 Å². The Labute approximate surface area is 227 Å². The van der Waals surface area contributed by atoms with Gasteiger partial charge in [0.25, 0.3) is 0 Å². The molecule has 1 aromatic carbocycles. The third kappa shape index (κ3) is 4.09. The topological polar surface area (TPSA) is 83.5 Å². The molecule has 3 saturated carbocycles. The van der Waals surface area contributed by atoms with E-state index in [0.717, 1.165) is 63.4 Å². The minimum atomic E-state index is -3.38. The van der Waals surface area contributed by atoms with Gasteiger partial charge in [-0.05, 0) is 105 Å². The average molecular weight is 534 g/mol. The van der Waals surface area contributed by atoms with Crippen LogP contribution in [0.15, 0.2) is 47.1 Å². The predicted octanol–water partition coefficient (Wildman–Crippen LogP) is 6.02. The number of anilines is 1. The Hall–Kier alpha value is -2.36. The summed E-state index contributed by atoms with van der Waals surface area (Å²) in [5.74, 6) is 7.29. The molecule has 3 fully saturated rings. The number of fused-ring (bicyclic) bond motifs is 4. The van der Waals surface area contributed by atoms with Crippen LogP contribution in [0.5, 0.6) is 0 Å². The molecule has 0 bridgehead atoms. The van der Waals surface area contributed by atoms with Crippen molar-refractivity contribution < 1.29 is 18.3 Å². The molecule has 6 heteroatoms. The lowest BCUT2D eigenvalue weighted by molar-refractivity contribution is -0.114. The molecule has 38 heavy (non-hydrogen) atoms. The molecule has 0 radical (unpaired) electrons. The fourth-order valence-electron chi connectivity index (χ4n) is 8.61. The summed E-state index contributed by atoms with van der Waals surface area (Å²) in [6.07, 6.45) is 11.0. The maximum absolute atomic E-state index is 12.9. The first-order valence-corrected chi connectivity index (χ1v) is 15.9. The molecule has 0 saturated heterocycles. The number of aliphatic hydroxyl groups is 1. The minimum absolute atomic E-state index is 0.108. The van der Waals surface area contributed by atoms with Crippen LogP contribution in [0.2, 0.25) is 0 Å². The molecule has 202 valence electrons. The second-order valence-corrected chi connectivity index (χ2v) is 14.4. The largest absolute Gasteiger partial charge is 0.377 e. The molecule has 5 aliphatic rings. The predicted molar refractivity (Wildman–Crippen MR) is 150 cm³/mol. The summed E-state index contributed by atoms with van der Waals surface area (Å²) in [4.78, 5) is 12.3. The number of ketones is 1. The van der Waals surface area contributed by atoms with Gasteiger partial charge in [-0.25, -0.2) is 8.42 Å². The molecule has 6 rings (SSSR count). The molecule has 0 aromatic heterocycles. The molecule has 0 amide bonds. The quantitative estimate of drug-likeness (QED) is 0.463. The smallest absolute Gasteiger partial charge is 0.235 e. The number of benzene rings is 1. The van der Waals surface area contributed by atoms with Gasteiger partial charge in [-0.2, -0.15) is 0 Å². The molecule has 2 N–H and O–H groups in total. The highest BCUT2D eigenvalue weighted by Gasteiger charge is 2.62. The van der Waals surface area contributed by atoms with Crippen LogP contribution in [0, 0.1) is 29.1 Å². The lowest BCUT2D eigenvalue weighted by Gasteiger charge is -2.53. The van der Waals surface area contributed by atoms with Crippen molar-refractivity contribution in [2.75, 3.05) is 4.72 Å². The summed E-state index contributed by atoms with van der Waals surface area (Å²) in [7, 11) is -3.38. The SMILES string of the molecule is CC#C[C@]1(O)CCC2[C@@H]3CCC4=CC(=O)CCC4=C3[C@@H](c3ccc(NS(=O)(=O)C4CCCC4)cc3)C[C@@]21C. The van der Waals surface area contributed by atoms with Gasteiger partial charge in [-0.3, -0.25) is 9.52 Å². The van der Waals surface area contributed by atoms with Gasteiger partial charge in [0, 0.05) is 23.4 Å². The maximum atomic E-state index is 12.9. The molecule has 0 spiro atoms. The maximum Gasteiger partial charge on any atom is 0.235 e. The van der Waals surface area contributed by atoms with Gasteiger partial charge < -0.3 is 5.11 Å². The van der Waals surface area contributed by atoms with Gasteiger partial charge in [-0.15, -0.1) is 5.92 Å². The summed E-state index contributed by atoms with van der Waals surface area (Å²) >= 11 is 0. The van der Waals surface area contributed by atoms with Gasteiger partial charge in [0.2, 0.25) is 10.0 Å². The van der Waals surface area contributed by atoms with Crippen LogP contribution in [-0.4, -0.2) is 30.2 Å². The van der Waals surface area contributed by atoms with Crippen molar-refractivity contribution in [3.63, 3.8) is 0 Å². The van der Waals surface area contributed by atoms with Crippen LogP contribution in [0.25, 0.3) is 0 Å². The van der Waals surface area contributed by atoms with E-state index < -0.39 is 15.6 Å². The Bertz CT molecular complexity index is 1370.